The van der Waals surface area contributed by atoms with Crippen molar-refractivity contribution in [3.05, 3.63) is 116 Å². The van der Waals surface area contributed by atoms with E-state index in [1.807, 2.05) is 24.0 Å². The van der Waals surface area contributed by atoms with Gasteiger partial charge in [-0.3, -0.25) is 9.59 Å². The second-order valence-corrected chi connectivity index (χ2v) is 10.5. The van der Waals surface area contributed by atoms with Gasteiger partial charge in [0.05, 0.1) is 6.04 Å². The van der Waals surface area contributed by atoms with Crippen molar-refractivity contribution in [1.82, 2.24) is 15.2 Å². The normalized spacial score (nSPS) is 14.5. The molecule has 200 valence electrons. The predicted molar refractivity (Wildman–Crippen MR) is 149 cm³/mol. The molecule has 3 aromatic carbocycles. The molecule has 0 bridgehead atoms. The SMILES string of the molecule is CCC(=O)N1CCc2ccc(OCc3nc(C(=O)NCc4cccc(F)c4)cs3)cc2C1c1ccc(C)cc1. The molecule has 1 aromatic heterocycles. The van der Waals surface area contributed by atoms with Gasteiger partial charge in [0.25, 0.3) is 5.91 Å². The van der Waals surface area contributed by atoms with Crippen molar-refractivity contribution >= 4 is 23.2 Å². The Labute approximate surface area is 231 Å². The van der Waals surface area contributed by atoms with Gasteiger partial charge in [-0.2, -0.15) is 0 Å². The van der Waals surface area contributed by atoms with Crippen LogP contribution in [0.2, 0.25) is 0 Å². The number of nitrogens with zero attached hydrogens (tertiary/aromatic N) is 2. The molecule has 0 saturated carbocycles. The fraction of sp³-hybridized carbons (Fsp3) is 0.258. The molecule has 2 amide bonds. The summed E-state index contributed by atoms with van der Waals surface area (Å²) in [6.07, 6.45) is 1.25. The third-order valence-electron chi connectivity index (χ3n) is 6.85. The smallest absolute Gasteiger partial charge is 0.271 e. The predicted octanol–water partition coefficient (Wildman–Crippen LogP) is 5.98. The molecule has 4 aromatic rings. The number of nitrogens with one attached hydrogen (secondary N) is 1. The summed E-state index contributed by atoms with van der Waals surface area (Å²) in [7, 11) is 0. The topological polar surface area (TPSA) is 71.5 Å². The van der Waals surface area contributed by atoms with Crippen LogP contribution in [0.3, 0.4) is 0 Å². The standard InChI is InChI=1S/C31H30FN3O3S/c1-3-29(36)35-14-13-22-11-12-25(16-26(22)30(35)23-9-7-20(2)8-10-23)38-18-28-34-27(19-39-28)31(37)33-17-21-5-4-6-24(32)15-21/h4-12,15-16,19,30H,3,13-14,17-18H2,1-2H3,(H,33,37). The van der Waals surface area contributed by atoms with E-state index in [1.54, 1.807) is 17.5 Å². The van der Waals surface area contributed by atoms with Gasteiger partial charge < -0.3 is 15.0 Å². The van der Waals surface area contributed by atoms with Crippen molar-refractivity contribution in [3.63, 3.8) is 0 Å². The number of ether oxygens (including phenoxy) is 1. The number of hydrogen-bond donors (Lipinski definition) is 1. The molecular formula is C31H30FN3O3S. The Morgan fingerprint density at radius 1 is 1.13 bits per heavy atom. The molecule has 2 heterocycles. The van der Waals surface area contributed by atoms with Crippen LogP contribution in [0.1, 0.15) is 62.7 Å². The summed E-state index contributed by atoms with van der Waals surface area (Å²) in [5.74, 6) is 0.150. The van der Waals surface area contributed by atoms with E-state index in [2.05, 4.69) is 47.6 Å². The Hall–Kier alpha value is -4.04. The van der Waals surface area contributed by atoms with E-state index in [0.717, 1.165) is 17.5 Å². The lowest BCUT2D eigenvalue weighted by Gasteiger charge is -2.38. The summed E-state index contributed by atoms with van der Waals surface area (Å²) < 4.78 is 19.5. The summed E-state index contributed by atoms with van der Waals surface area (Å²) in [6, 6.07) is 20.3. The molecule has 1 aliphatic rings. The van der Waals surface area contributed by atoms with Gasteiger partial charge in [-0.15, -0.1) is 11.3 Å². The fourth-order valence-electron chi connectivity index (χ4n) is 4.81. The molecule has 1 N–H and O–H groups in total. The van der Waals surface area contributed by atoms with Crippen LogP contribution in [0, 0.1) is 12.7 Å². The van der Waals surface area contributed by atoms with Gasteiger partial charge in [0.1, 0.15) is 28.9 Å². The molecular weight excluding hydrogens is 513 g/mol. The highest BCUT2D eigenvalue weighted by Gasteiger charge is 2.31. The quantitative estimate of drug-likeness (QED) is 0.297. The lowest BCUT2D eigenvalue weighted by Crippen LogP contribution is -2.40. The Morgan fingerprint density at radius 3 is 2.72 bits per heavy atom. The van der Waals surface area contributed by atoms with E-state index in [1.165, 1.54) is 34.6 Å². The zero-order chi connectivity index (χ0) is 27.4. The van der Waals surface area contributed by atoms with Crippen molar-refractivity contribution in [2.24, 2.45) is 0 Å². The van der Waals surface area contributed by atoms with Crippen LogP contribution in [0.4, 0.5) is 4.39 Å². The van der Waals surface area contributed by atoms with E-state index < -0.39 is 0 Å². The number of amides is 2. The average molecular weight is 544 g/mol. The maximum atomic E-state index is 13.4. The fourth-order valence-corrected chi connectivity index (χ4v) is 5.49. The van der Waals surface area contributed by atoms with Crippen molar-refractivity contribution < 1.29 is 18.7 Å². The monoisotopic (exact) mass is 543 g/mol. The molecule has 39 heavy (non-hydrogen) atoms. The van der Waals surface area contributed by atoms with Crippen LogP contribution in [0.25, 0.3) is 0 Å². The van der Waals surface area contributed by atoms with Crippen LogP contribution in [-0.2, 0) is 24.4 Å². The zero-order valence-electron chi connectivity index (χ0n) is 21.9. The summed E-state index contributed by atoms with van der Waals surface area (Å²) in [4.78, 5) is 31.8. The molecule has 0 saturated heterocycles. The van der Waals surface area contributed by atoms with E-state index >= 15 is 0 Å². The van der Waals surface area contributed by atoms with Crippen LogP contribution >= 0.6 is 11.3 Å². The first kappa shape index (κ1) is 26.6. The molecule has 1 unspecified atom stereocenters. The molecule has 0 aliphatic carbocycles. The number of halogens is 1. The maximum absolute atomic E-state index is 13.4. The van der Waals surface area contributed by atoms with Gasteiger partial charge in [-0.05, 0) is 59.9 Å². The van der Waals surface area contributed by atoms with E-state index in [-0.39, 0.29) is 36.8 Å². The first-order chi connectivity index (χ1) is 18.9. The number of fused-ring (bicyclic) bond motifs is 1. The Morgan fingerprint density at radius 2 is 1.95 bits per heavy atom. The third-order valence-corrected chi connectivity index (χ3v) is 7.67. The van der Waals surface area contributed by atoms with Gasteiger partial charge in [0.2, 0.25) is 5.91 Å². The van der Waals surface area contributed by atoms with Gasteiger partial charge in [0.15, 0.2) is 0 Å². The van der Waals surface area contributed by atoms with Crippen LogP contribution in [0.5, 0.6) is 5.75 Å². The minimum Gasteiger partial charge on any atom is -0.486 e. The first-order valence-electron chi connectivity index (χ1n) is 13.0. The van der Waals surface area contributed by atoms with E-state index in [9.17, 15) is 14.0 Å². The van der Waals surface area contributed by atoms with Gasteiger partial charge in [-0.25, -0.2) is 9.37 Å². The minimum atomic E-state index is -0.341. The molecule has 5 rings (SSSR count). The summed E-state index contributed by atoms with van der Waals surface area (Å²) in [5, 5.41) is 5.13. The molecule has 6 nitrogen and oxygen atoms in total. The van der Waals surface area contributed by atoms with E-state index in [4.69, 9.17) is 4.74 Å². The number of hydrogen-bond acceptors (Lipinski definition) is 5. The summed E-state index contributed by atoms with van der Waals surface area (Å²) in [6.45, 7) is 5.06. The van der Waals surface area contributed by atoms with Crippen molar-refractivity contribution in [1.29, 1.82) is 0 Å². The average Bonchev–Trinajstić information content (AvgIpc) is 3.43. The highest BCUT2D eigenvalue weighted by Crippen LogP contribution is 2.37. The number of rotatable bonds is 8. The van der Waals surface area contributed by atoms with E-state index in [0.29, 0.717) is 35.0 Å². The summed E-state index contributed by atoms with van der Waals surface area (Å²) >= 11 is 1.35. The molecule has 1 aliphatic heterocycles. The lowest BCUT2D eigenvalue weighted by atomic mass is 9.87. The lowest BCUT2D eigenvalue weighted by molar-refractivity contribution is -0.132. The molecule has 8 heteroatoms. The Bertz CT molecular complexity index is 1480. The first-order valence-corrected chi connectivity index (χ1v) is 13.9. The van der Waals surface area contributed by atoms with Crippen LogP contribution in [0.15, 0.2) is 72.1 Å². The molecule has 0 fully saturated rings. The molecule has 0 radical (unpaired) electrons. The van der Waals surface area contributed by atoms with Crippen molar-refractivity contribution in [2.75, 3.05) is 6.54 Å². The molecule has 0 spiro atoms. The van der Waals surface area contributed by atoms with Crippen molar-refractivity contribution in [3.8, 4) is 5.75 Å². The van der Waals surface area contributed by atoms with Gasteiger partial charge >= 0.3 is 0 Å². The van der Waals surface area contributed by atoms with Crippen LogP contribution in [-0.4, -0.2) is 28.2 Å². The molecule has 1 atom stereocenters. The second kappa shape index (κ2) is 11.8. The largest absolute Gasteiger partial charge is 0.486 e. The number of thiazole rings is 1. The number of carbonyl (C=O) groups excluding carboxylic acids is 2. The second-order valence-electron chi connectivity index (χ2n) is 9.59. The Balaban J connectivity index is 1.29. The number of aryl methyl sites for hydroxylation is 1. The maximum Gasteiger partial charge on any atom is 0.271 e. The highest BCUT2D eigenvalue weighted by atomic mass is 32.1. The minimum absolute atomic E-state index is 0.128. The zero-order valence-corrected chi connectivity index (χ0v) is 22.8. The third kappa shape index (κ3) is 6.17. The highest BCUT2D eigenvalue weighted by molar-refractivity contribution is 7.09. The summed E-state index contributed by atoms with van der Waals surface area (Å²) in [5.41, 5.74) is 5.51. The number of carbonyl (C=O) groups is 2. The van der Waals surface area contributed by atoms with Crippen LogP contribution < -0.4 is 10.1 Å². The van der Waals surface area contributed by atoms with Gasteiger partial charge in [-0.1, -0.05) is 55.0 Å². The number of aromatic nitrogens is 1. The number of benzene rings is 3. The van der Waals surface area contributed by atoms with Crippen molar-refractivity contribution in [2.45, 2.75) is 45.9 Å². The van der Waals surface area contributed by atoms with Gasteiger partial charge in [0, 0.05) is 24.9 Å². The Kier molecular flexibility index (Phi) is 8.02.